The van der Waals surface area contributed by atoms with Crippen LogP contribution in [0.15, 0.2) is 29.3 Å². The molecule has 1 unspecified atom stereocenters. The third kappa shape index (κ3) is 6.61. The molecule has 2 fully saturated rings. The van der Waals surface area contributed by atoms with Crippen LogP contribution in [0, 0.1) is 5.92 Å². The van der Waals surface area contributed by atoms with Gasteiger partial charge in [0.2, 0.25) is 0 Å². The summed E-state index contributed by atoms with van der Waals surface area (Å²) in [7, 11) is 1.70. The first-order valence-electron chi connectivity index (χ1n) is 12.2. The molecule has 178 valence electrons. The van der Waals surface area contributed by atoms with Crippen molar-refractivity contribution in [3.05, 3.63) is 29.8 Å². The Balaban J connectivity index is 1.71. The van der Waals surface area contributed by atoms with Crippen molar-refractivity contribution in [2.75, 3.05) is 53.0 Å². The fourth-order valence-corrected chi connectivity index (χ4v) is 4.67. The largest absolute Gasteiger partial charge is 0.497 e. The summed E-state index contributed by atoms with van der Waals surface area (Å²) in [4.78, 5) is 22.0. The number of aliphatic imine (C=N–C) groups is 1. The second kappa shape index (κ2) is 12.7. The summed E-state index contributed by atoms with van der Waals surface area (Å²) in [5, 5.41) is 3.47. The third-order valence-corrected chi connectivity index (χ3v) is 6.50. The van der Waals surface area contributed by atoms with Crippen LogP contribution in [0.3, 0.4) is 0 Å². The van der Waals surface area contributed by atoms with Crippen LogP contribution in [0.2, 0.25) is 0 Å². The first kappa shape index (κ1) is 24.4. The molecular formula is C25H40N4O3. The molecule has 2 aliphatic heterocycles. The highest BCUT2D eigenvalue weighted by Gasteiger charge is 2.28. The highest BCUT2D eigenvalue weighted by Crippen LogP contribution is 2.27. The predicted molar refractivity (Wildman–Crippen MR) is 128 cm³/mol. The number of nitrogens with zero attached hydrogens (tertiary/aromatic N) is 3. The van der Waals surface area contributed by atoms with E-state index in [4.69, 9.17) is 14.5 Å². The number of hydrogen-bond acceptors (Lipinski definition) is 5. The molecule has 1 aromatic carbocycles. The van der Waals surface area contributed by atoms with Crippen molar-refractivity contribution in [3.8, 4) is 5.75 Å². The minimum Gasteiger partial charge on any atom is -0.497 e. The molecule has 1 atom stereocenters. The maximum atomic E-state index is 12.1. The van der Waals surface area contributed by atoms with Crippen molar-refractivity contribution in [1.82, 2.24) is 15.1 Å². The van der Waals surface area contributed by atoms with Gasteiger partial charge < -0.3 is 19.7 Å². The topological polar surface area (TPSA) is 66.4 Å². The average molecular weight is 445 g/mol. The molecule has 0 aliphatic carbocycles. The van der Waals surface area contributed by atoms with Gasteiger partial charge in [-0.2, -0.15) is 0 Å². The molecule has 32 heavy (non-hydrogen) atoms. The second-order valence-electron chi connectivity index (χ2n) is 8.59. The number of carbonyl (C=O) groups excluding carboxylic acids is 1. The van der Waals surface area contributed by atoms with Gasteiger partial charge in [0, 0.05) is 19.6 Å². The van der Waals surface area contributed by atoms with E-state index in [0.717, 1.165) is 57.3 Å². The van der Waals surface area contributed by atoms with Crippen LogP contribution in [0.5, 0.6) is 5.75 Å². The Kier molecular flexibility index (Phi) is 9.65. The summed E-state index contributed by atoms with van der Waals surface area (Å²) in [6, 6.07) is 8.69. The number of carbonyl (C=O) groups is 1. The van der Waals surface area contributed by atoms with Gasteiger partial charge in [0.25, 0.3) is 0 Å². The first-order chi connectivity index (χ1) is 15.7. The van der Waals surface area contributed by atoms with Crippen LogP contribution in [-0.2, 0) is 9.53 Å². The summed E-state index contributed by atoms with van der Waals surface area (Å²) >= 11 is 0. The van der Waals surface area contributed by atoms with Crippen molar-refractivity contribution in [3.63, 3.8) is 0 Å². The fraction of sp³-hybridized carbons (Fsp3) is 0.680. The normalized spacial score (nSPS) is 19.5. The van der Waals surface area contributed by atoms with Gasteiger partial charge in [-0.1, -0.05) is 18.6 Å². The van der Waals surface area contributed by atoms with Crippen molar-refractivity contribution >= 4 is 11.9 Å². The zero-order valence-corrected chi connectivity index (χ0v) is 20.0. The van der Waals surface area contributed by atoms with Crippen LogP contribution in [0.4, 0.5) is 0 Å². The lowest BCUT2D eigenvalue weighted by atomic mass is 9.97. The maximum absolute atomic E-state index is 12.1. The number of likely N-dealkylation sites (tertiary alicyclic amines) is 2. The molecule has 0 amide bonds. The minimum atomic E-state index is -0.0567. The minimum absolute atomic E-state index is 0.00877. The number of rotatable bonds is 8. The van der Waals surface area contributed by atoms with Gasteiger partial charge in [0.1, 0.15) is 5.75 Å². The van der Waals surface area contributed by atoms with Crippen LogP contribution in [0.1, 0.15) is 57.6 Å². The summed E-state index contributed by atoms with van der Waals surface area (Å²) < 4.78 is 10.6. The molecule has 7 heteroatoms. The first-order valence-corrected chi connectivity index (χ1v) is 12.2. The molecule has 0 bridgehead atoms. The number of guanidine groups is 1. The van der Waals surface area contributed by atoms with E-state index < -0.39 is 0 Å². The monoisotopic (exact) mass is 444 g/mol. The molecule has 3 rings (SSSR count). The number of piperidine rings is 2. The van der Waals surface area contributed by atoms with Crippen molar-refractivity contribution in [1.29, 1.82) is 0 Å². The third-order valence-electron chi connectivity index (χ3n) is 6.50. The number of esters is 1. The lowest BCUT2D eigenvalue weighted by Gasteiger charge is -2.36. The van der Waals surface area contributed by atoms with E-state index in [1.807, 2.05) is 19.1 Å². The lowest BCUT2D eigenvalue weighted by Crippen LogP contribution is -2.47. The van der Waals surface area contributed by atoms with Gasteiger partial charge in [-0.25, -0.2) is 0 Å². The maximum Gasteiger partial charge on any atom is 0.309 e. The van der Waals surface area contributed by atoms with Gasteiger partial charge in [-0.15, -0.1) is 0 Å². The van der Waals surface area contributed by atoms with E-state index in [2.05, 4.69) is 34.2 Å². The molecule has 0 saturated carbocycles. The van der Waals surface area contributed by atoms with Crippen molar-refractivity contribution in [2.24, 2.45) is 10.9 Å². The standard InChI is InChI=1S/C25H40N4O3/c1-4-26-25(29-17-13-21(14-18-29)24(30)32-5-2)27-19-23(28-15-7-6-8-16-28)20-9-11-22(31-3)12-10-20/h9-12,21,23H,4-8,13-19H2,1-3H3,(H,26,27). The smallest absolute Gasteiger partial charge is 0.309 e. The Morgan fingerprint density at radius 3 is 2.38 bits per heavy atom. The Morgan fingerprint density at radius 1 is 1.09 bits per heavy atom. The van der Waals surface area contributed by atoms with Gasteiger partial charge in [0.15, 0.2) is 5.96 Å². The van der Waals surface area contributed by atoms with E-state index in [1.165, 1.54) is 24.8 Å². The van der Waals surface area contributed by atoms with E-state index in [1.54, 1.807) is 7.11 Å². The Bertz CT molecular complexity index is 723. The van der Waals surface area contributed by atoms with Crippen LogP contribution in [0.25, 0.3) is 0 Å². The molecule has 0 spiro atoms. The number of ether oxygens (including phenoxy) is 2. The summed E-state index contributed by atoms with van der Waals surface area (Å²) in [6.07, 6.45) is 5.44. The summed E-state index contributed by atoms with van der Waals surface area (Å²) in [5.74, 6) is 1.78. The molecule has 7 nitrogen and oxygen atoms in total. The molecular weight excluding hydrogens is 404 g/mol. The van der Waals surface area contributed by atoms with E-state index in [-0.39, 0.29) is 17.9 Å². The van der Waals surface area contributed by atoms with Gasteiger partial charge >= 0.3 is 5.97 Å². The fourth-order valence-electron chi connectivity index (χ4n) is 4.67. The zero-order valence-electron chi connectivity index (χ0n) is 20.0. The predicted octanol–water partition coefficient (Wildman–Crippen LogP) is 3.46. The van der Waals surface area contributed by atoms with E-state index in [0.29, 0.717) is 13.2 Å². The van der Waals surface area contributed by atoms with Crippen LogP contribution >= 0.6 is 0 Å². The molecule has 1 aromatic rings. The van der Waals surface area contributed by atoms with Crippen LogP contribution in [-0.4, -0.2) is 74.7 Å². The second-order valence-corrected chi connectivity index (χ2v) is 8.59. The molecule has 2 aliphatic rings. The quantitative estimate of drug-likeness (QED) is 0.376. The molecule has 2 heterocycles. The Morgan fingerprint density at radius 2 is 1.78 bits per heavy atom. The number of methoxy groups -OCH3 is 1. The summed E-state index contributed by atoms with van der Waals surface area (Å²) in [6.45, 7) is 9.85. The Labute approximate surface area is 193 Å². The zero-order chi connectivity index (χ0) is 22.8. The van der Waals surface area contributed by atoms with Gasteiger partial charge in [-0.05, 0) is 70.3 Å². The SMILES string of the molecule is CCNC(=NCC(c1ccc(OC)cc1)N1CCCCC1)N1CCC(C(=O)OCC)CC1. The number of nitrogens with one attached hydrogen (secondary N) is 1. The number of benzene rings is 1. The number of hydrogen-bond donors (Lipinski definition) is 1. The van der Waals surface area contributed by atoms with Crippen LogP contribution < -0.4 is 10.1 Å². The molecule has 1 N–H and O–H groups in total. The molecule has 0 radical (unpaired) electrons. The van der Waals surface area contributed by atoms with Crippen molar-refractivity contribution < 1.29 is 14.3 Å². The van der Waals surface area contributed by atoms with Gasteiger partial charge in [0.05, 0.1) is 32.2 Å². The molecule has 0 aromatic heterocycles. The van der Waals surface area contributed by atoms with Gasteiger partial charge in [-0.3, -0.25) is 14.7 Å². The average Bonchev–Trinajstić information content (AvgIpc) is 2.85. The highest BCUT2D eigenvalue weighted by atomic mass is 16.5. The van der Waals surface area contributed by atoms with E-state index in [9.17, 15) is 4.79 Å². The Hall–Kier alpha value is -2.28. The lowest BCUT2D eigenvalue weighted by molar-refractivity contribution is -0.149. The van der Waals surface area contributed by atoms with Crippen molar-refractivity contribution in [2.45, 2.75) is 52.0 Å². The summed E-state index contributed by atoms with van der Waals surface area (Å²) in [5.41, 5.74) is 1.29. The molecule has 2 saturated heterocycles. The highest BCUT2D eigenvalue weighted by molar-refractivity contribution is 5.80. The van der Waals surface area contributed by atoms with E-state index >= 15 is 0 Å².